The van der Waals surface area contributed by atoms with Crippen molar-refractivity contribution in [2.24, 2.45) is 4.99 Å². The summed E-state index contributed by atoms with van der Waals surface area (Å²) in [6.45, 7) is 5.55. The third-order valence-corrected chi connectivity index (χ3v) is 0.585. The number of aliphatic imine (C=N–C) groups is 1. The molecule has 124 valence electrons. The van der Waals surface area contributed by atoms with Crippen LogP contribution in [0.4, 0.5) is 5.88 Å². The van der Waals surface area contributed by atoms with Gasteiger partial charge in [0.1, 0.15) is 6.20 Å². The fourth-order valence-electron chi connectivity index (χ4n) is 0.334. The Morgan fingerprint density at radius 2 is 1.73 bits per heavy atom. The maximum atomic E-state index is 10.1. The van der Waals surface area contributed by atoms with Crippen LogP contribution >= 0.6 is 49.1 Å². The molecule has 15 heteroatoms. The van der Waals surface area contributed by atoms with Crippen LogP contribution < -0.4 is 5.11 Å². The number of carbonyl (C=O) groups is 1. The van der Waals surface area contributed by atoms with E-state index in [1.807, 2.05) is 0 Å². The van der Waals surface area contributed by atoms with Crippen molar-refractivity contribution >= 4 is 66.9 Å². The van der Waals surface area contributed by atoms with Crippen molar-refractivity contribution in [1.82, 2.24) is 10.4 Å². The fraction of sp³-hybridized carbons (Fsp3) is 0.143. The Balaban J connectivity index is -0.0000000308. The minimum Gasteiger partial charge on any atom is -0.884 e. The third kappa shape index (κ3) is 59.6. The van der Waals surface area contributed by atoms with Crippen molar-refractivity contribution in [1.29, 1.82) is 0 Å². The van der Waals surface area contributed by atoms with Crippen LogP contribution in [0.25, 0.3) is 0 Å². The first-order valence-electron chi connectivity index (χ1n) is 3.58. The van der Waals surface area contributed by atoms with E-state index >= 15 is 0 Å². The number of hydrogen-bond acceptors (Lipinski definition) is 6. The van der Waals surface area contributed by atoms with Crippen molar-refractivity contribution in [3.63, 3.8) is 0 Å². The van der Waals surface area contributed by atoms with E-state index in [2.05, 4.69) is 75.9 Å². The number of nitrogens with zero attached hydrogens (tertiary/aromatic N) is 3. The van der Waals surface area contributed by atoms with Crippen molar-refractivity contribution in [3.8, 4) is 0 Å². The largest absolute Gasteiger partial charge is 0.884 e. The average Bonchev–Trinajstić information content (AvgIpc) is 2.52. The summed E-state index contributed by atoms with van der Waals surface area (Å²) in [5.74, 6) is -1.58. The van der Waals surface area contributed by atoms with Gasteiger partial charge in [0.2, 0.25) is 0 Å². The topological polar surface area (TPSA) is 112 Å². The van der Waals surface area contributed by atoms with Crippen LogP contribution in [-0.2, 0) is 66.7 Å². The Morgan fingerprint density at radius 3 is 1.91 bits per heavy atom. The molecule has 0 fully saturated rings. The molecule has 1 heterocycles. The SMILES string of the molecule is CI(I)I.[CH2-]C(=O)O.[CH2-]C([O-])=Nc1cnno1.[Re].[Re].[Rf].[Rf].[W]. The quantitative estimate of drug-likeness (QED) is 0.152. The molecule has 0 spiro atoms. The number of carboxylic acid groups (broad SMARTS) is 1. The molecule has 0 saturated carbocycles. The zero-order chi connectivity index (χ0) is 13.8. The summed E-state index contributed by atoms with van der Waals surface area (Å²) in [6, 6.07) is 0. The molecule has 1 N–H and O–H groups in total. The summed E-state index contributed by atoms with van der Waals surface area (Å²) in [7, 11) is 0. The third-order valence-electron chi connectivity index (χ3n) is 0.585. The van der Waals surface area contributed by atoms with Crippen LogP contribution in [0.1, 0.15) is 0 Å². The van der Waals surface area contributed by atoms with Crippen molar-refractivity contribution < 1.29 is 81.4 Å². The molecule has 0 amide bonds. The van der Waals surface area contributed by atoms with Gasteiger partial charge in [0.05, 0.1) is 0 Å². The van der Waals surface area contributed by atoms with Crippen LogP contribution in [0.3, 0.4) is 0 Å². The predicted octanol–water partition coefficient (Wildman–Crippen LogP) is 2.01. The molecule has 0 atom stereocenters. The first-order valence-corrected chi connectivity index (χ1v) is 18.3. The number of halogens is 3. The van der Waals surface area contributed by atoms with Gasteiger partial charge in [-0.05, 0) is 0 Å². The molecule has 2 radical (unpaired) electrons. The molecule has 0 saturated heterocycles. The minimum atomic E-state index is -1.08. The van der Waals surface area contributed by atoms with Gasteiger partial charge in [-0.1, -0.05) is 0 Å². The fourth-order valence-corrected chi connectivity index (χ4v) is 0.334. The zero-order valence-electron chi connectivity index (χ0n) is 11.2. The van der Waals surface area contributed by atoms with Gasteiger partial charge in [-0.3, -0.25) is 16.7 Å². The van der Waals surface area contributed by atoms with E-state index in [1.54, 1.807) is 0 Å². The zero-order valence-corrected chi connectivity index (χ0v) is 38.9. The maximum Gasteiger partial charge on any atom is 0.267 e. The smallest absolute Gasteiger partial charge is 0.267 e. The van der Waals surface area contributed by atoms with Gasteiger partial charge in [-0.25, -0.2) is 0 Å². The number of aliphatic carboxylic acids is 1. The molecule has 22 heavy (non-hydrogen) atoms. The standard InChI is InChI=1S/C4H4N3O2.C2H3O2.CH3I3.2Re.2Rf.W/c1-3(8)6-4-2-5-7-9-4;1-2(3)4;1-4(2)3;;;;;/h2H,1H2,(H,6,8);1H2,(H,3,4);1H3;;;;;/q2*-1;;;;;;/p-1. The number of rotatable bonds is 1. The van der Waals surface area contributed by atoms with Crippen molar-refractivity contribution in [2.75, 3.05) is 4.93 Å². The summed E-state index contributed by atoms with van der Waals surface area (Å²) in [5.41, 5.74) is 0. The molecule has 0 aromatic carbocycles. The number of aromatic nitrogens is 2. The Kier molecular flexibility index (Phi) is 57.0. The number of carboxylic acids is 1. The first kappa shape index (κ1) is 43.1. The molecule has 0 aliphatic heterocycles. The summed E-state index contributed by atoms with van der Waals surface area (Å²) in [5, 5.41) is 23.8. The van der Waals surface area contributed by atoms with Crippen LogP contribution in [-0.4, -0.2) is 32.3 Å². The van der Waals surface area contributed by atoms with E-state index in [0.29, 0.717) is 0 Å². The Bertz CT molecular complexity index is 343. The second kappa shape index (κ2) is 29.1. The summed E-state index contributed by atoms with van der Waals surface area (Å²) in [6.07, 6.45) is 1.23. The Hall–Kier alpha value is 0.0230. The molecule has 1 rings (SSSR count). The number of hydrogen-bond donors (Lipinski definition) is 1. The molecular formula is C7H9I3N3O4Re2Rf2W-3. The molecule has 0 aliphatic carbocycles. The Labute approximate surface area is 185 Å². The van der Waals surface area contributed by atoms with Crippen LogP contribution in [0.15, 0.2) is 15.7 Å². The Morgan fingerprint density at radius 1 is 1.41 bits per heavy atom. The molecule has 1 aromatic heterocycles. The summed E-state index contributed by atoms with van der Waals surface area (Å²) in [4.78, 5) is 14.5. The normalized spacial score (nSPS) is 7.95. The van der Waals surface area contributed by atoms with Gasteiger partial charge in [0.25, 0.3) is 5.88 Å². The summed E-state index contributed by atoms with van der Waals surface area (Å²) < 4.78 is 4.36. The maximum absolute atomic E-state index is 10.1. The minimum absolute atomic E-state index is 0. The second-order valence-electron chi connectivity index (χ2n) is 1.99. The monoisotopic (exact) mass is 1670 g/mol. The molecule has 7 nitrogen and oxygen atoms in total. The van der Waals surface area contributed by atoms with Gasteiger partial charge in [-0.2, -0.15) is 5.90 Å². The average molecular weight is 1670 g/mol. The summed E-state index contributed by atoms with van der Waals surface area (Å²) >= 11 is 4.65. The molecular weight excluding hydrogens is 1660 g/mol. The van der Waals surface area contributed by atoms with E-state index in [1.165, 1.54) is 6.20 Å². The van der Waals surface area contributed by atoms with Crippen molar-refractivity contribution in [3.05, 3.63) is 20.0 Å². The van der Waals surface area contributed by atoms with E-state index in [-0.39, 0.29) is 79.7 Å². The van der Waals surface area contributed by atoms with Crippen molar-refractivity contribution in [2.45, 2.75) is 0 Å². The van der Waals surface area contributed by atoms with E-state index in [4.69, 9.17) is 9.90 Å². The van der Waals surface area contributed by atoms with E-state index < -0.39 is 11.9 Å². The van der Waals surface area contributed by atoms with Crippen LogP contribution in [0.2, 0.25) is 0 Å². The second-order valence-corrected chi connectivity index (χ2v) is 30.8. The van der Waals surface area contributed by atoms with Gasteiger partial charge in [-0.15, -0.1) is 5.10 Å². The van der Waals surface area contributed by atoms with Gasteiger partial charge < -0.3 is 21.7 Å². The first-order chi connectivity index (χ1) is 7.75. The molecule has 0 bridgehead atoms. The van der Waals surface area contributed by atoms with Crippen LogP contribution in [0.5, 0.6) is 0 Å². The van der Waals surface area contributed by atoms with E-state index in [0.717, 1.165) is 0 Å². The number of alkyl halides is 1. The molecule has 0 unspecified atom stereocenters. The molecule has 1 aromatic rings. The van der Waals surface area contributed by atoms with E-state index in [9.17, 15) is 5.11 Å². The van der Waals surface area contributed by atoms with Gasteiger partial charge in [0.15, 0.2) is 5.97 Å². The predicted molar refractivity (Wildman–Crippen MR) is 87.7 cm³/mol. The van der Waals surface area contributed by atoms with Gasteiger partial charge >= 0.3 is 54.0 Å². The van der Waals surface area contributed by atoms with Gasteiger partial charge in [0, 0.05) is 67.2 Å². The van der Waals surface area contributed by atoms with Crippen LogP contribution in [0, 0.1) is 13.8 Å². The molecule has 0 aliphatic rings.